The van der Waals surface area contributed by atoms with Crippen LogP contribution in [0.3, 0.4) is 0 Å². The minimum atomic E-state index is -0.833. The summed E-state index contributed by atoms with van der Waals surface area (Å²) in [6.45, 7) is 3.33. The maximum atomic E-state index is 12.3. The lowest BCUT2D eigenvalue weighted by atomic mass is 10.0. The van der Waals surface area contributed by atoms with Crippen LogP contribution in [-0.2, 0) is 4.79 Å². The van der Waals surface area contributed by atoms with Crippen LogP contribution in [0.25, 0.3) is 10.8 Å². The third kappa shape index (κ3) is 6.42. The Morgan fingerprint density at radius 2 is 1.93 bits per heavy atom. The Kier molecular flexibility index (Phi) is 8.55. The zero-order chi connectivity index (χ0) is 20.4. The van der Waals surface area contributed by atoms with Crippen molar-refractivity contribution in [3.63, 3.8) is 0 Å². The molecule has 1 aliphatic rings. The van der Waals surface area contributed by atoms with Gasteiger partial charge in [-0.2, -0.15) is 0 Å². The molecule has 1 fully saturated rings. The Morgan fingerprint density at radius 1 is 1.21 bits per heavy atom. The number of carboxylic acids is 1. The highest BCUT2D eigenvalue weighted by Crippen LogP contribution is 2.24. The van der Waals surface area contributed by atoms with Gasteiger partial charge in [0.15, 0.2) is 0 Å². The van der Waals surface area contributed by atoms with Gasteiger partial charge in [0.05, 0.1) is 6.54 Å². The van der Waals surface area contributed by atoms with Gasteiger partial charge in [0.25, 0.3) is 5.97 Å². The zero-order valence-corrected chi connectivity index (χ0v) is 16.3. The van der Waals surface area contributed by atoms with E-state index in [-0.39, 0.29) is 12.1 Å². The maximum Gasteiger partial charge on any atom is 0.317 e. The average Bonchev–Trinajstić information content (AvgIpc) is 2.70. The molecule has 0 spiro atoms. The predicted molar refractivity (Wildman–Crippen MR) is 110 cm³/mol. The van der Waals surface area contributed by atoms with E-state index in [0.717, 1.165) is 49.3 Å². The van der Waals surface area contributed by atoms with Crippen molar-refractivity contribution in [2.45, 2.75) is 32.2 Å². The van der Waals surface area contributed by atoms with Crippen molar-refractivity contribution < 1.29 is 19.4 Å². The highest BCUT2D eigenvalue weighted by molar-refractivity contribution is 5.88. The first-order chi connectivity index (χ1) is 13.5. The molecule has 1 aliphatic heterocycles. The van der Waals surface area contributed by atoms with Gasteiger partial charge in [-0.05, 0) is 30.7 Å². The van der Waals surface area contributed by atoms with Gasteiger partial charge >= 0.3 is 6.03 Å². The van der Waals surface area contributed by atoms with Crippen LogP contribution in [0.2, 0.25) is 0 Å². The molecule has 1 heterocycles. The summed E-state index contributed by atoms with van der Waals surface area (Å²) >= 11 is 0. The molecule has 2 aromatic carbocycles. The molecule has 7 nitrogen and oxygen atoms in total. The standard InChI is InChI=1S/C19H25N3O2.C2H4O2/c20-14-16-8-3-4-12-22(16)19(23)21-11-13-24-18-10-5-7-15-6-1-2-9-17(15)18;1-2(3)4/h1-2,5-7,9-10,16H,3-4,8,11-14,20H2,(H,21,23);1H3,(H,3,4). The van der Waals surface area contributed by atoms with Crippen LogP contribution in [0.4, 0.5) is 4.79 Å². The number of amides is 2. The van der Waals surface area contributed by atoms with E-state index in [1.807, 2.05) is 35.2 Å². The van der Waals surface area contributed by atoms with E-state index in [4.69, 9.17) is 20.4 Å². The van der Waals surface area contributed by atoms with Crippen molar-refractivity contribution >= 4 is 22.8 Å². The normalized spacial score (nSPS) is 16.1. The highest BCUT2D eigenvalue weighted by Gasteiger charge is 2.25. The summed E-state index contributed by atoms with van der Waals surface area (Å²) in [4.78, 5) is 23.2. The van der Waals surface area contributed by atoms with E-state index < -0.39 is 5.97 Å². The number of likely N-dealkylation sites (tertiary alicyclic amines) is 1. The fourth-order valence-corrected chi connectivity index (χ4v) is 3.26. The fourth-order valence-electron chi connectivity index (χ4n) is 3.26. The fraction of sp³-hybridized carbons (Fsp3) is 0.429. The van der Waals surface area contributed by atoms with Crippen LogP contribution in [-0.4, -0.2) is 54.3 Å². The van der Waals surface area contributed by atoms with E-state index in [2.05, 4.69) is 17.4 Å². The van der Waals surface area contributed by atoms with Crippen molar-refractivity contribution in [1.29, 1.82) is 0 Å². The van der Waals surface area contributed by atoms with Gasteiger partial charge in [0, 0.05) is 31.4 Å². The molecule has 0 aliphatic carbocycles. The van der Waals surface area contributed by atoms with E-state index in [1.54, 1.807) is 0 Å². The smallest absolute Gasteiger partial charge is 0.317 e. The number of piperidine rings is 1. The number of hydrogen-bond donors (Lipinski definition) is 3. The number of urea groups is 1. The number of aliphatic carboxylic acids is 1. The second kappa shape index (κ2) is 11.1. The zero-order valence-electron chi connectivity index (χ0n) is 16.3. The van der Waals surface area contributed by atoms with Crippen LogP contribution in [0, 0.1) is 0 Å². The molecular weight excluding hydrogens is 358 g/mol. The molecule has 2 amide bonds. The maximum absolute atomic E-state index is 12.3. The summed E-state index contributed by atoms with van der Waals surface area (Å²) in [7, 11) is 0. The second-order valence-electron chi connectivity index (χ2n) is 6.66. The molecule has 152 valence electrons. The number of hydrogen-bond acceptors (Lipinski definition) is 4. The van der Waals surface area contributed by atoms with Crippen molar-refractivity contribution in [2.75, 3.05) is 26.2 Å². The van der Waals surface area contributed by atoms with Crippen LogP contribution in [0.15, 0.2) is 42.5 Å². The Morgan fingerprint density at radius 3 is 2.68 bits per heavy atom. The summed E-state index contributed by atoms with van der Waals surface area (Å²) in [5.74, 6) is 0.0140. The number of nitrogens with zero attached hydrogens (tertiary/aromatic N) is 1. The van der Waals surface area contributed by atoms with Crippen LogP contribution < -0.4 is 15.8 Å². The number of fused-ring (bicyclic) bond motifs is 1. The van der Waals surface area contributed by atoms with E-state index in [1.165, 1.54) is 0 Å². The van der Waals surface area contributed by atoms with Crippen LogP contribution in [0.1, 0.15) is 26.2 Å². The van der Waals surface area contributed by atoms with E-state index in [0.29, 0.717) is 19.7 Å². The summed E-state index contributed by atoms with van der Waals surface area (Å²) in [6.07, 6.45) is 3.20. The van der Waals surface area contributed by atoms with Crippen LogP contribution >= 0.6 is 0 Å². The monoisotopic (exact) mass is 387 g/mol. The number of carbonyl (C=O) groups excluding carboxylic acids is 1. The first-order valence-corrected chi connectivity index (χ1v) is 9.57. The van der Waals surface area contributed by atoms with Crippen LogP contribution in [0.5, 0.6) is 5.75 Å². The van der Waals surface area contributed by atoms with Crippen molar-refractivity contribution in [1.82, 2.24) is 10.2 Å². The van der Waals surface area contributed by atoms with Gasteiger partial charge < -0.3 is 25.8 Å². The van der Waals surface area contributed by atoms with E-state index in [9.17, 15) is 4.79 Å². The number of carboxylic acid groups (broad SMARTS) is 1. The van der Waals surface area contributed by atoms with Crippen molar-refractivity contribution in [2.24, 2.45) is 5.73 Å². The second-order valence-corrected chi connectivity index (χ2v) is 6.66. The number of nitrogens with two attached hydrogens (primary N) is 1. The number of benzene rings is 2. The number of rotatable bonds is 5. The predicted octanol–water partition coefficient (Wildman–Crippen LogP) is 2.83. The van der Waals surface area contributed by atoms with Gasteiger partial charge in [-0.3, -0.25) is 4.79 Å². The number of nitrogens with one attached hydrogen (secondary N) is 1. The molecule has 7 heteroatoms. The molecule has 1 unspecified atom stereocenters. The van der Waals surface area contributed by atoms with E-state index >= 15 is 0 Å². The molecule has 1 saturated heterocycles. The summed E-state index contributed by atoms with van der Waals surface area (Å²) in [5.41, 5.74) is 5.77. The van der Waals surface area contributed by atoms with Gasteiger partial charge in [-0.25, -0.2) is 4.79 Å². The number of carbonyl (C=O) groups is 2. The third-order valence-electron chi connectivity index (χ3n) is 4.55. The molecule has 2 aromatic rings. The van der Waals surface area contributed by atoms with Gasteiger partial charge in [-0.15, -0.1) is 0 Å². The summed E-state index contributed by atoms with van der Waals surface area (Å²) in [6, 6.07) is 14.3. The molecule has 3 rings (SSSR count). The van der Waals surface area contributed by atoms with Crippen molar-refractivity contribution in [3.8, 4) is 5.75 Å². The minimum absolute atomic E-state index is 0.0355. The summed E-state index contributed by atoms with van der Waals surface area (Å²) in [5, 5.41) is 12.6. The Balaban J connectivity index is 0.000000640. The number of ether oxygens (including phenoxy) is 1. The van der Waals surface area contributed by atoms with Gasteiger partial charge in [0.2, 0.25) is 0 Å². The molecule has 1 atom stereocenters. The lowest BCUT2D eigenvalue weighted by Gasteiger charge is -2.34. The quantitative estimate of drug-likeness (QED) is 0.684. The molecule has 28 heavy (non-hydrogen) atoms. The molecule has 4 N–H and O–H groups in total. The minimum Gasteiger partial charge on any atom is -0.491 e. The largest absolute Gasteiger partial charge is 0.491 e. The molecule has 0 saturated carbocycles. The molecule has 0 radical (unpaired) electrons. The summed E-state index contributed by atoms with van der Waals surface area (Å²) < 4.78 is 5.85. The highest BCUT2D eigenvalue weighted by atomic mass is 16.5. The first kappa shape index (κ1) is 21.5. The molecule has 0 aromatic heterocycles. The Hall–Kier alpha value is -2.80. The van der Waals surface area contributed by atoms with Gasteiger partial charge in [-0.1, -0.05) is 36.4 Å². The lowest BCUT2D eigenvalue weighted by molar-refractivity contribution is -0.134. The lowest BCUT2D eigenvalue weighted by Crippen LogP contribution is -2.51. The first-order valence-electron chi connectivity index (χ1n) is 9.57. The Bertz CT molecular complexity index is 772. The molecule has 0 bridgehead atoms. The van der Waals surface area contributed by atoms with Crippen molar-refractivity contribution in [3.05, 3.63) is 42.5 Å². The van der Waals surface area contributed by atoms with Gasteiger partial charge in [0.1, 0.15) is 12.4 Å². The molecular formula is C21H29N3O4. The SMILES string of the molecule is CC(=O)O.NCC1CCCCN1C(=O)NCCOc1cccc2ccccc12. The average molecular weight is 387 g/mol. The third-order valence-corrected chi connectivity index (χ3v) is 4.55. The Labute approximate surface area is 165 Å². The topological polar surface area (TPSA) is 105 Å².